The molecular weight excluding hydrogens is 262 g/mol. The Morgan fingerprint density at radius 2 is 2.10 bits per heavy atom. The minimum Gasteiger partial charge on any atom is -0.477 e. The molecule has 0 bridgehead atoms. The molecule has 110 valence electrons. The van der Waals surface area contributed by atoms with Gasteiger partial charge in [0, 0.05) is 27.2 Å². The fourth-order valence-electron chi connectivity index (χ4n) is 1.60. The molecule has 2 aromatic heterocycles. The first-order valence-electron chi connectivity index (χ1n) is 6.43. The van der Waals surface area contributed by atoms with Crippen LogP contribution in [0.3, 0.4) is 0 Å². The molecule has 2 aromatic rings. The predicted molar refractivity (Wildman–Crippen MR) is 74.0 cm³/mol. The Bertz CT molecular complexity index is 531. The summed E-state index contributed by atoms with van der Waals surface area (Å²) in [6, 6.07) is 0. The van der Waals surface area contributed by atoms with Crippen LogP contribution in [0.4, 0.5) is 5.95 Å². The second kappa shape index (κ2) is 7.61. The van der Waals surface area contributed by atoms with Crippen LogP contribution >= 0.6 is 0 Å². The maximum Gasteiger partial charge on any atom is 0.229 e. The molecule has 2 heterocycles. The first-order chi connectivity index (χ1) is 9.85. The molecule has 2 rings (SSSR count). The predicted octanol–water partition coefficient (Wildman–Crippen LogP) is 0.826. The number of nitrogens with one attached hydrogen (secondary N) is 2. The maximum absolute atomic E-state index is 5.66. The first kappa shape index (κ1) is 14.5. The van der Waals surface area contributed by atoms with E-state index in [4.69, 9.17) is 14.2 Å². The van der Waals surface area contributed by atoms with E-state index in [2.05, 4.69) is 25.5 Å². The summed E-state index contributed by atoms with van der Waals surface area (Å²) in [7, 11) is 3.40. The summed E-state index contributed by atoms with van der Waals surface area (Å²) >= 11 is 0. The lowest BCUT2D eigenvalue weighted by atomic mass is 10.4. The molecule has 0 aliphatic heterocycles. The third kappa shape index (κ3) is 3.78. The molecule has 0 spiro atoms. The van der Waals surface area contributed by atoms with Crippen molar-refractivity contribution in [2.75, 3.05) is 45.9 Å². The number of nitrogens with zero attached hydrogens (tertiary/aromatic N) is 3. The number of methoxy groups -OCH3 is 1. The summed E-state index contributed by atoms with van der Waals surface area (Å²) in [4.78, 5) is 8.51. The number of anilines is 1. The van der Waals surface area contributed by atoms with Gasteiger partial charge >= 0.3 is 0 Å². The molecule has 0 aromatic carbocycles. The largest absolute Gasteiger partial charge is 0.477 e. The zero-order valence-electron chi connectivity index (χ0n) is 11.7. The van der Waals surface area contributed by atoms with E-state index < -0.39 is 0 Å². The molecule has 0 aliphatic rings. The number of rotatable bonds is 9. The summed E-state index contributed by atoms with van der Waals surface area (Å²) in [5, 5.41) is 10.4. The van der Waals surface area contributed by atoms with Gasteiger partial charge in [-0.3, -0.25) is 5.10 Å². The zero-order chi connectivity index (χ0) is 14.2. The number of hydrogen-bond acceptors (Lipinski definition) is 7. The number of ether oxygens (including phenoxy) is 3. The van der Waals surface area contributed by atoms with Gasteiger partial charge in [-0.05, 0) is 0 Å². The summed E-state index contributed by atoms with van der Waals surface area (Å²) < 4.78 is 15.9. The highest BCUT2D eigenvalue weighted by molar-refractivity contribution is 5.80. The lowest BCUT2D eigenvalue weighted by molar-refractivity contribution is 0.0643. The van der Waals surface area contributed by atoms with Crippen molar-refractivity contribution in [3.63, 3.8) is 0 Å². The van der Waals surface area contributed by atoms with Gasteiger partial charge in [-0.15, -0.1) is 0 Å². The van der Waals surface area contributed by atoms with Crippen LogP contribution in [0.15, 0.2) is 6.20 Å². The molecule has 0 fully saturated rings. The van der Waals surface area contributed by atoms with E-state index in [0.29, 0.717) is 43.9 Å². The molecule has 0 saturated heterocycles. The van der Waals surface area contributed by atoms with Crippen molar-refractivity contribution >= 4 is 17.0 Å². The van der Waals surface area contributed by atoms with Crippen LogP contribution in [0.5, 0.6) is 5.88 Å². The van der Waals surface area contributed by atoms with Gasteiger partial charge in [0.2, 0.25) is 11.8 Å². The van der Waals surface area contributed by atoms with E-state index >= 15 is 0 Å². The third-order valence-corrected chi connectivity index (χ3v) is 2.60. The molecule has 2 N–H and O–H groups in total. The third-order valence-electron chi connectivity index (χ3n) is 2.60. The first-order valence-corrected chi connectivity index (χ1v) is 6.43. The van der Waals surface area contributed by atoms with Crippen LogP contribution < -0.4 is 10.1 Å². The molecule has 20 heavy (non-hydrogen) atoms. The number of fused-ring (bicyclic) bond motifs is 1. The molecular formula is C12H19N5O3. The van der Waals surface area contributed by atoms with Gasteiger partial charge in [0.1, 0.15) is 5.39 Å². The summed E-state index contributed by atoms with van der Waals surface area (Å²) in [5.41, 5.74) is 0.649. The molecule has 0 radical (unpaired) electrons. The molecule has 8 nitrogen and oxygen atoms in total. The van der Waals surface area contributed by atoms with E-state index in [1.807, 2.05) is 0 Å². The lowest BCUT2D eigenvalue weighted by Gasteiger charge is -2.08. The molecule has 0 amide bonds. The Morgan fingerprint density at radius 3 is 2.90 bits per heavy atom. The second-order valence-corrected chi connectivity index (χ2v) is 4.04. The van der Waals surface area contributed by atoms with Gasteiger partial charge in [-0.25, -0.2) is 0 Å². The van der Waals surface area contributed by atoms with Crippen LogP contribution in [0.1, 0.15) is 6.42 Å². The van der Waals surface area contributed by atoms with Crippen molar-refractivity contribution in [3.8, 4) is 5.88 Å². The summed E-state index contributed by atoms with van der Waals surface area (Å²) in [6.45, 7) is 2.35. The Kier molecular flexibility index (Phi) is 5.51. The van der Waals surface area contributed by atoms with Gasteiger partial charge < -0.3 is 19.5 Å². The van der Waals surface area contributed by atoms with E-state index in [1.54, 1.807) is 20.4 Å². The smallest absolute Gasteiger partial charge is 0.229 e. The number of aromatic nitrogens is 4. The number of hydrogen-bond donors (Lipinski definition) is 2. The van der Waals surface area contributed by atoms with Crippen molar-refractivity contribution in [2.24, 2.45) is 0 Å². The van der Waals surface area contributed by atoms with Crippen molar-refractivity contribution in [1.29, 1.82) is 0 Å². The van der Waals surface area contributed by atoms with Gasteiger partial charge in [-0.1, -0.05) is 0 Å². The highest BCUT2D eigenvalue weighted by Gasteiger charge is 2.09. The standard InChI is InChI=1S/C12H19N5O3/c1-13-12-15-10-9(8-14-17-10)11(16-12)20-5-3-4-19-7-6-18-2/h8H,3-7H2,1-2H3,(H2,13,14,15,16,17). The molecule has 0 aliphatic carbocycles. The topological polar surface area (TPSA) is 94.2 Å². The van der Waals surface area contributed by atoms with Gasteiger partial charge in [0.15, 0.2) is 5.65 Å². The van der Waals surface area contributed by atoms with Crippen LogP contribution in [-0.2, 0) is 9.47 Å². The van der Waals surface area contributed by atoms with E-state index in [0.717, 1.165) is 11.8 Å². The zero-order valence-corrected chi connectivity index (χ0v) is 11.7. The van der Waals surface area contributed by atoms with Crippen LogP contribution in [-0.4, -0.2) is 60.8 Å². The summed E-state index contributed by atoms with van der Waals surface area (Å²) in [5.74, 6) is 1.01. The SMILES string of the molecule is CNc1nc(OCCCOCCOC)c2cn[nH]c2n1. The monoisotopic (exact) mass is 281 g/mol. The maximum atomic E-state index is 5.66. The van der Waals surface area contributed by atoms with Crippen molar-refractivity contribution in [3.05, 3.63) is 6.20 Å². The molecule has 0 unspecified atom stereocenters. The Balaban J connectivity index is 1.84. The molecule has 8 heteroatoms. The Morgan fingerprint density at radius 1 is 1.20 bits per heavy atom. The average molecular weight is 281 g/mol. The molecule has 0 saturated carbocycles. The van der Waals surface area contributed by atoms with Crippen LogP contribution in [0, 0.1) is 0 Å². The Labute approximate surface area is 116 Å². The van der Waals surface area contributed by atoms with Crippen molar-refractivity contribution < 1.29 is 14.2 Å². The lowest BCUT2D eigenvalue weighted by Crippen LogP contribution is -2.08. The average Bonchev–Trinajstić information content (AvgIpc) is 2.94. The van der Waals surface area contributed by atoms with Crippen LogP contribution in [0.25, 0.3) is 11.0 Å². The highest BCUT2D eigenvalue weighted by atomic mass is 16.5. The van der Waals surface area contributed by atoms with Crippen molar-refractivity contribution in [2.45, 2.75) is 6.42 Å². The minimum atomic E-state index is 0.494. The number of H-pyrrole nitrogens is 1. The van der Waals surface area contributed by atoms with E-state index in [-0.39, 0.29) is 0 Å². The normalized spacial score (nSPS) is 10.9. The van der Waals surface area contributed by atoms with E-state index in [9.17, 15) is 0 Å². The Hall–Kier alpha value is -1.93. The number of aromatic amines is 1. The van der Waals surface area contributed by atoms with Gasteiger partial charge in [-0.2, -0.15) is 15.1 Å². The quantitative estimate of drug-likeness (QED) is 0.657. The minimum absolute atomic E-state index is 0.494. The van der Waals surface area contributed by atoms with Gasteiger partial charge in [0.05, 0.1) is 26.0 Å². The fraction of sp³-hybridized carbons (Fsp3) is 0.583. The highest BCUT2D eigenvalue weighted by Crippen LogP contribution is 2.21. The molecule has 0 atom stereocenters. The van der Waals surface area contributed by atoms with Crippen LogP contribution in [0.2, 0.25) is 0 Å². The van der Waals surface area contributed by atoms with E-state index in [1.165, 1.54) is 0 Å². The van der Waals surface area contributed by atoms with Crippen molar-refractivity contribution in [1.82, 2.24) is 20.2 Å². The second-order valence-electron chi connectivity index (χ2n) is 4.04. The van der Waals surface area contributed by atoms with Gasteiger partial charge in [0.25, 0.3) is 0 Å². The fourth-order valence-corrected chi connectivity index (χ4v) is 1.60. The summed E-state index contributed by atoms with van der Waals surface area (Å²) in [6.07, 6.45) is 2.43.